The van der Waals surface area contributed by atoms with E-state index in [1.165, 1.54) is 23.1 Å². The molecule has 0 saturated carbocycles. The van der Waals surface area contributed by atoms with E-state index in [9.17, 15) is 13.2 Å². The average Bonchev–Trinajstić information content (AvgIpc) is 3.36. The first kappa shape index (κ1) is 19.2. The van der Waals surface area contributed by atoms with Crippen LogP contribution in [0.4, 0.5) is 13.2 Å². The lowest BCUT2D eigenvalue weighted by Crippen LogP contribution is -2.07. The zero-order valence-electron chi connectivity index (χ0n) is 15.6. The minimum atomic E-state index is -4.55. The molecule has 0 amide bonds. The van der Waals surface area contributed by atoms with E-state index in [1.54, 1.807) is 24.3 Å². The molecule has 2 aromatic heterocycles. The molecule has 4 rings (SSSR count). The Bertz CT molecular complexity index is 1130. The Morgan fingerprint density at radius 1 is 0.966 bits per heavy atom. The van der Waals surface area contributed by atoms with Crippen LogP contribution in [0.25, 0.3) is 27.6 Å². The molecule has 0 aliphatic heterocycles. The monoisotopic (exact) mass is 415 g/mol. The number of alkyl halides is 3. The van der Waals surface area contributed by atoms with Gasteiger partial charge < -0.3 is 4.74 Å². The van der Waals surface area contributed by atoms with Crippen molar-refractivity contribution in [2.45, 2.75) is 13.1 Å². The Morgan fingerprint density at radius 2 is 1.62 bits per heavy atom. The lowest BCUT2D eigenvalue weighted by molar-refractivity contribution is -0.141. The van der Waals surface area contributed by atoms with E-state index >= 15 is 0 Å². The van der Waals surface area contributed by atoms with E-state index in [0.29, 0.717) is 27.8 Å². The van der Waals surface area contributed by atoms with E-state index < -0.39 is 11.9 Å². The summed E-state index contributed by atoms with van der Waals surface area (Å²) >= 11 is 1.24. The van der Waals surface area contributed by atoms with Crippen LogP contribution in [-0.4, -0.2) is 21.9 Å². The van der Waals surface area contributed by atoms with Crippen LogP contribution in [0.15, 0.2) is 60.0 Å². The molecule has 0 spiro atoms. The standard InChI is InChI=1S/C21H16F3N3OS/c1-13-3-5-14(6-4-13)17-12-29-20(25-17)27-18(11-19(26-27)21(22,23)24)15-7-9-16(28-2)10-8-15/h3-12H,1-2H3. The smallest absolute Gasteiger partial charge is 0.435 e. The average molecular weight is 415 g/mol. The highest BCUT2D eigenvalue weighted by molar-refractivity contribution is 7.12. The highest BCUT2D eigenvalue weighted by Gasteiger charge is 2.35. The molecule has 0 fully saturated rings. The molecule has 148 valence electrons. The maximum Gasteiger partial charge on any atom is 0.435 e. The first-order chi connectivity index (χ1) is 13.8. The molecular formula is C21H16F3N3OS. The van der Waals surface area contributed by atoms with E-state index in [0.717, 1.165) is 17.2 Å². The van der Waals surface area contributed by atoms with Crippen molar-refractivity contribution in [3.05, 3.63) is 71.2 Å². The molecule has 2 heterocycles. The number of thiazole rings is 1. The van der Waals surface area contributed by atoms with Crippen molar-refractivity contribution in [1.29, 1.82) is 0 Å². The first-order valence-corrected chi connectivity index (χ1v) is 9.58. The van der Waals surface area contributed by atoms with Crippen LogP contribution in [0, 0.1) is 6.92 Å². The lowest BCUT2D eigenvalue weighted by atomic mass is 10.1. The molecule has 2 aromatic carbocycles. The molecule has 0 saturated heterocycles. The lowest BCUT2D eigenvalue weighted by Gasteiger charge is -2.05. The van der Waals surface area contributed by atoms with Gasteiger partial charge in [-0.25, -0.2) is 9.67 Å². The minimum absolute atomic E-state index is 0.310. The van der Waals surface area contributed by atoms with Crippen molar-refractivity contribution in [3.8, 4) is 33.4 Å². The zero-order chi connectivity index (χ0) is 20.6. The topological polar surface area (TPSA) is 39.9 Å². The van der Waals surface area contributed by atoms with Crippen molar-refractivity contribution in [1.82, 2.24) is 14.8 Å². The number of aryl methyl sites for hydroxylation is 1. The van der Waals surface area contributed by atoms with Gasteiger partial charge in [-0.2, -0.15) is 18.3 Å². The molecule has 8 heteroatoms. The number of methoxy groups -OCH3 is 1. The predicted molar refractivity (Wildman–Crippen MR) is 106 cm³/mol. The van der Waals surface area contributed by atoms with Crippen molar-refractivity contribution in [2.75, 3.05) is 7.11 Å². The van der Waals surface area contributed by atoms with Gasteiger partial charge >= 0.3 is 6.18 Å². The molecule has 0 unspecified atom stereocenters. The van der Waals surface area contributed by atoms with Gasteiger partial charge in [0.15, 0.2) is 5.69 Å². The summed E-state index contributed by atoms with van der Waals surface area (Å²) in [6, 6.07) is 15.6. The van der Waals surface area contributed by atoms with Crippen LogP contribution < -0.4 is 4.74 Å². The Kier molecular flexibility index (Phi) is 4.87. The number of ether oxygens (including phenoxy) is 1. The second kappa shape index (κ2) is 7.36. The third-order valence-electron chi connectivity index (χ3n) is 4.41. The van der Waals surface area contributed by atoms with E-state index in [-0.39, 0.29) is 0 Å². The van der Waals surface area contributed by atoms with Crippen molar-refractivity contribution in [3.63, 3.8) is 0 Å². The second-order valence-electron chi connectivity index (χ2n) is 6.43. The zero-order valence-corrected chi connectivity index (χ0v) is 16.4. The van der Waals surface area contributed by atoms with Gasteiger partial charge in [-0.1, -0.05) is 29.8 Å². The fourth-order valence-electron chi connectivity index (χ4n) is 2.85. The van der Waals surface area contributed by atoms with Gasteiger partial charge in [-0.05, 0) is 37.3 Å². The van der Waals surface area contributed by atoms with Crippen LogP contribution in [0.1, 0.15) is 11.3 Å². The van der Waals surface area contributed by atoms with Crippen LogP contribution in [0.5, 0.6) is 5.75 Å². The largest absolute Gasteiger partial charge is 0.497 e. The Balaban J connectivity index is 1.80. The van der Waals surface area contributed by atoms with Crippen molar-refractivity contribution >= 4 is 11.3 Å². The van der Waals surface area contributed by atoms with Crippen LogP contribution in [0.2, 0.25) is 0 Å². The van der Waals surface area contributed by atoms with Crippen LogP contribution in [0.3, 0.4) is 0 Å². The molecule has 29 heavy (non-hydrogen) atoms. The van der Waals surface area contributed by atoms with Crippen molar-refractivity contribution < 1.29 is 17.9 Å². The maximum absolute atomic E-state index is 13.3. The number of rotatable bonds is 4. The van der Waals surface area contributed by atoms with Gasteiger partial charge in [0, 0.05) is 16.5 Å². The summed E-state index contributed by atoms with van der Waals surface area (Å²) in [5.41, 5.74) is 2.64. The van der Waals surface area contributed by atoms with Gasteiger partial charge in [0.25, 0.3) is 0 Å². The number of benzene rings is 2. The van der Waals surface area contributed by atoms with Gasteiger partial charge in [0.05, 0.1) is 18.5 Å². The highest BCUT2D eigenvalue weighted by Crippen LogP contribution is 2.35. The minimum Gasteiger partial charge on any atom is -0.497 e. The molecule has 4 aromatic rings. The van der Waals surface area contributed by atoms with Gasteiger partial charge in [-0.15, -0.1) is 11.3 Å². The van der Waals surface area contributed by atoms with Crippen LogP contribution >= 0.6 is 11.3 Å². The third kappa shape index (κ3) is 3.88. The normalized spacial score (nSPS) is 11.6. The first-order valence-electron chi connectivity index (χ1n) is 8.70. The fourth-order valence-corrected chi connectivity index (χ4v) is 3.65. The summed E-state index contributed by atoms with van der Waals surface area (Å²) < 4.78 is 46.3. The van der Waals surface area contributed by atoms with Crippen molar-refractivity contribution in [2.24, 2.45) is 0 Å². The van der Waals surface area contributed by atoms with Gasteiger partial charge in [0.2, 0.25) is 5.13 Å². The molecule has 4 nitrogen and oxygen atoms in total. The molecule has 0 bridgehead atoms. The van der Waals surface area contributed by atoms with E-state index in [1.807, 2.05) is 36.6 Å². The summed E-state index contributed by atoms with van der Waals surface area (Å²) in [5, 5.41) is 5.98. The molecule has 0 N–H and O–H groups in total. The number of nitrogens with zero attached hydrogens (tertiary/aromatic N) is 3. The fraction of sp³-hybridized carbons (Fsp3) is 0.143. The quantitative estimate of drug-likeness (QED) is 0.411. The number of hydrogen-bond acceptors (Lipinski definition) is 4. The Morgan fingerprint density at radius 3 is 2.24 bits per heavy atom. The SMILES string of the molecule is COc1ccc(-c2cc(C(F)(F)F)nn2-c2nc(-c3ccc(C)cc3)cs2)cc1. The Hall–Kier alpha value is -3.13. The summed E-state index contributed by atoms with van der Waals surface area (Å²) in [5.74, 6) is 0.617. The third-order valence-corrected chi connectivity index (χ3v) is 5.22. The van der Waals surface area contributed by atoms with E-state index in [2.05, 4.69) is 10.1 Å². The van der Waals surface area contributed by atoms with E-state index in [4.69, 9.17) is 4.74 Å². The molecular weight excluding hydrogens is 399 g/mol. The molecule has 0 aliphatic rings. The van der Waals surface area contributed by atoms with Crippen LogP contribution in [-0.2, 0) is 6.18 Å². The summed E-state index contributed by atoms with van der Waals surface area (Å²) in [7, 11) is 1.53. The summed E-state index contributed by atoms with van der Waals surface area (Å²) in [6.07, 6.45) is -4.55. The maximum atomic E-state index is 13.3. The Labute approximate surface area is 169 Å². The summed E-state index contributed by atoms with van der Waals surface area (Å²) in [4.78, 5) is 4.52. The predicted octanol–water partition coefficient (Wildman–Crippen LogP) is 6.00. The molecule has 0 radical (unpaired) electrons. The van der Waals surface area contributed by atoms with Gasteiger partial charge in [-0.3, -0.25) is 0 Å². The molecule has 0 aliphatic carbocycles. The molecule has 0 atom stereocenters. The number of halogens is 3. The highest BCUT2D eigenvalue weighted by atomic mass is 32.1. The van der Waals surface area contributed by atoms with Gasteiger partial charge in [0.1, 0.15) is 5.75 Å². The second-order valence-corrected chi connectivity index (χ2v) is 7.27. The summed E-state index contributed by atoms with van der Waals surface area (Å²) in [6.45, 7) is 1.99. The number of aromatic nitrogens is 3. The number of hydrogen-bond donors (Lipinski definition) is 0.